The number of hydrogen-bond donors (Lipinski definition) is 2. The van der Waals surface area contributed by atoms with Crippen LogP contribution in [0.4, 0.5) is 0 Å². The number of ether oxygens (including phenoxy) is 1. The number of piperidine rings is 1. The Morgan fingerprint density at radius 3 is 2.75 bits per heavy atom. The minimum Gasteiger partial charge on any atom is -0.462 e. The molecule has 0 amide bonds. The molecule has 1 atom stereocenters. The van der Waals surface area contributed by atoms with Gasteiger partial charge in [0.15, 0.2) is 5.82 Å². The molecule has 1 aliphatic rings. The Morgan fingerprint density at radius 1 is 1.38 bits per heavy atom. The summed E-state index contributed by atoms with van der Waals surface area (Å²) in [6.07, 6.45) is 3.72. The average molecular weight is 350 g/mol. The molecule has 0 bridgehead atoms. The summed E-state index contributed by atoms with van der Waals surface area (Å²) in [7, 11) is 0. The zero-order valence-corrected chi connectivity index (χ0v) is 15.2. The van der Waals surface area contributed by atoms with Crippen LogP contribution in [0.3, 0.4) is 0 Å². The number of quaternary nitrogens is 1. The van der Waals surface area contributed by atoms with E-state index in [1.165, 1.54) is 35.5 Å². The Kier molecular flexibility index (Phi) is 5.01. The van der Waals surface area contributed by atoms with Crippen molar-refractivity contribution in [2.45, 2.75) is 46.1 Å². The van der Waals surface area contributed by atoms with Crippen LogP contribution in [0.1, 0.15) is 60.2 Å². The van der Waals surface area contributed by atoms with Crippen molar-refractivity contribution in [3.63, 3.8) is 0 Å². The number of aromatic amines is 1. The topological polar surface area (TPSA) is 76.5 Å². The summed E-state index contributed by atoms with van der Waals surface area (Å²) in [5.41, 5.74) is 0.495. The second kappa shape index (κ2) is 7.03. The van der Waals surface area contributed by atoms with Gasteiger partial charge < -0.3 is 14.6 Å². The monoisotopic (exact) mass is 350 g/mol. The maximum atomic E-state index is 12.6. The molecule has 0 radical (unpaired) electrons. The lowest BCUT2D eigenvalue weighted by molar-refractivity contribution is -0.934. The summed E-state index contributed by atoms with van der Waals surface area (Å²) in [4.78, 5) is 34.8. The molecule has 1 saturated heterocycles. The maximum Gasteiger partial charge on any atom is 0.348 e. The van der Waals surface area contributed by atoms with Crippen molar-refractivity contribution in [2.24, 2.45) is 0 Å². The summed E-state index contributed by atoms with van der Waals surface area (Å²) >= 11 is 1.25. The zero-order valence-electron chi connectivity index (χ0n) is 14.4. The predicted molar refractivity (Wildman–Crippen MR) is 93.9 cm³/mol. The molecule has 6 nitrogen and oxygen atoms in total. The van der Waals surface area contributed by atoms with Crippen LogP contribution in [0.2, 0.25) is 0 Å². The van der Waals surface area contributed by atoms with Crippen LogP contribution in [-0.2, 0) is 4.74 Å². The standard InChI is InChI=1S/C17H23N3O3S/c1-4-23-17(22)13-10(2)12-15(21)18-14(19-16(12)24-13)11(3)20-8-6-5-7-9-20/h11H,4-9H2,1-3H3,(H,18,19,21)/p+1/t11-/m0/s1. The molecule has 2 aromatic rings. The number of hydrogen-bond acceptors (Lipinski definition) is 5. The van der Waals surface area contributed by atoms with Crippen molar-refractivity contribution in [1.82, 2.24) is 9.97 Å². The van der Waals surface area contributed by atoms with Crippen molar-refractivity contribution >= 4 is 27.5 Å². The minimum atomic E-state index is -0.381. The summed E-state index contributed by atoms with van der Waals surface area (Å²) in [5.74, 6) is 0.328. The molecular weight excluding hydrogens is 326 g/mol. The number of nitrogens with one attached hydrogen (secondary N) is 2. The van der Waals surface area contributed by atoms with E-state index in [0.29, 0.717) is 33.1 Å². The first-order valence-electron chi connectivity index (χ1n) is 8.58. The van der Waals surface area contributed by atoms with E-state index in [-0.39, 0.29) is 17.6 Å². The number of H-pyrrole nitrogens is 1. The smallest absolute Gasteiger partial charge is 0.348 e. The molecule has 1 aliphatic heterocycles. The van der Waals surface area contributed by atoms with Crippen molar-refractivity contribution in [3.05, 3.63) is 26.6 Å². The van der Waals surface area contributed by atoms with E-state index < -0.39 is 0 Å². The second-order valence-electron chi connectivity index (χ2n) is 6.35. The number of carbonyl (C=O) groups excluding carboxylic acids is 1. The summed E-state index contributed by atoms with van der Waals surface area (Å²) in [6, 6.07) is 0.149. The summed E-state index contributed by atoms with van der Waals surface area (Å²) in [6.45, 7) is 8.20. The quantitative estimate of drug-likeness (QED) is 0.821. The van der Waals surface area contributed by atoms with Gasteiger partial charge in [-0.05, 0) is 45.6 Å². The highest BCUT2D eigenvalue weighted by molar-refractivity contribution is 7.20. The van der Waals surface area contributed by atoms with E-state index >= 15 is 0 Å². The molecule has 1 fully saturated rings. The first-order chi connectivity index (χ1) is 11.5. The molecule has 3 rings (SSSR count). The third-order valence-electron chi connectivity index (χ3n) is 4.80. The lowest BCUT2D eigenvalue weighted by atomic mass is 10.1. The van der Waals surface area contributed by atoms with Crippen LogP contribution in [0, 0.1) is 6.92 Å². The van der Waals surface area contributed by atoms with Gasteiger partial charge in [-0.1, -0.05) is 0 Å². The molecule has 0 spiro atoms. The molecule has 130 valence electrons. The second-order valence-corrected chi connectivity index (χ2v) is 7.35. The Labute approximate surface area is 144 Å². The normalized spacial score (nSPS) is 17.1. The zero-order chi connectivity index (χ0) is 17.3. The Morgan fingerprint density at radius 2 is 2.08 bits per heavy atom. The number of nitrogens with zero attached hydrogens (tertiary/aromatic N) is 1. The molecule has 3 heterocycles. The Hall–Kier alpha value is -1.73. The lowest BCUT2D eigenvalue weighted by Gasteiger charge is -2.28. The highest BCUT2D eigenvalue weighted by Gasteiger charge is 2.26. The fourth-order valence-electron chi connectivity index (χ4n) is 3.39. The lowest BCUT2D eigenvalue weighted by Crippen LogP contribution is -3.12. The molecule has 2 N–H and O–H groups in total. The first-order valence-corrected chi connectivity index (χ1v) is 9.39. The molecule has 0 aliphatic carbocycles. The van der Waals surface area contributed by atoms with Gasteiger partial charge in [-0.15, -0.1) is 11.3 Å². The van der Waals surface area contributed by atoms with Gasteiger partial charge in [0, 0.05) is 0 Å². The minimum absolute atomic E-state index is 0.149. The first kappa shape index (κ1) is 17.1. The number of fused-ring (bicyclic) bond motifs is 1. The Balaban J connectivity index is 2.00. The maximum absolute atomic E-state index is 12.6. The molecule has 7 heteroatoms. The van der Waals surface area contributed by atoms with Crippen molar-refractivity contribution in [1.29, 1.82) is 0 Å². The van der Waals surface area contributed by atoms with E-state index in [0.717, 1.165) is 13.1 Å². The molecular formula is C17H24N3O3S+. The van der Waals surface area contributed by atoms with E-state index in [9.17, 15) is 9.59 Å². The fourth-order valence-corrected chi connectivity index (χ4v) is 4.47. The number of aromatic nitrogens is 2. The van der Waals surface area contributed by atoms with Crippen LogP contribution in [0.5, 0.6) is 0 Å². The van der Waals surface area contributed by atoms with Gasteiger partial charge in [-0.2, -0.15) is 0 Å². The van der Waals surface area contributed by atoms with E-state index in [2.05, 4.69) is 16.9 Å². The van der Waals surface area contributed by atoms with E-state index in [1.807, 2.05) is 0 Å². The van der Waals surface area contributed by atoms with Gasteiger partial charge in [-0.25, -0.2) is 9.78 Å². The third kappa shape index (κ3) is 3.10. The molecule has 24 heavy (non-hydrogen) atoms. The van der Waals surface area contributed by atoms with Crippen LogP contribution in [0.15, 0.2) is 4.79 Å². The third-order valence-corrected chi connectivity index (χ3v) is 5.96. The van der Waals surface area contributed by atoms with Gasteiger partial charge in [0.05, 0.1) is 25.1 Å². The van der Waals surface area contributed by atoms with E-state index in [1.54, 1.807) is 13.8 Å². The van der Waals surface area contributed by atoms with Crippen molar-refractivity contribution < 1.29 is 14.4 Å². The number of likely N-dealkylation sites (tertiary alicyclic amines) is 1. The number of rotatable bonds is 4. The fraction of sp³-hybridized carbons (Fsp3) is 0.588. The van der Waals surface area contributed by atoms with Crippen LogP contribution < -0.4 is 10.5 Å². The molecule has 0 aromatic carbocycles. The molecule has 0 saturated carbocycles. The predicted octanol–water partition coefficient (Wildman–Crippen LogP) is 1.60. The SMILES string of the molecule is CCOC(=O)c1sc2nc([C@H](C)[NH+]3CCCCC3)[nH]c(=O)c2c1C. The highest BCUT2D eigenvalue weighted by Crippen LogP contribution is 2.28. The van der Waals surface area contributed by atoms with Crippen molar-refractivity contribution in [2.75, 3.05) is 19.7 Å². The van der Waals surface area contributed by atoms with Crippen LogP contribution in [-0.4, -0.2) is 35.6 Å². The molecule has 0 unspecified atom stereocenters. The van der Waals surface area contributed by atoms with Crippen LogP contribution in [0.25, 0.3) is 10.2 Å². The van der Waals surface area contributed by atoms with E-state index in [4.69, 9.17) is 4.74 Å². The van der Waals surface area contributed by atoms with Crippen LogP contribution >= 0.6 is 11.3 Å². The largest absolute Gasteiger partial charge is 0.462 e. The Bertz CT molecular complexity index is 805. The van der Waals surface area contributed by atoms with Gasteiger partial charge in [-0.3, -0.25) is 4.79 Å². The highest BCUT2D eigenvalue weighted by atomic mass is 32.1. The number of carbonyl (C=O) groups is 1. The van der Waals surface area contributed by atoms with Gasteiger partial charge in [0.25, 0.3) is 5.56 Å². The summed E-state index contributed by atoms with van der Waals surface area (Å²) in [5, 5.41) is 0.507. The van der Waals surface area contributed by atoms with Gasteiger partial charge in [0.1, 0.15) is 15.7 Å². The van der Waals surface area contributed by atoms with Gasteiger partial charge >= 0.3 is 5.97 Å². The number of thiophene rings is 1. The number of aryl methyl sites for hydroxylation is 1. The average Bonchev–Trinajstić information content (AvgIpc) is 2.92. The number of esters is 1. The summed E-state index contributed by atoms with van der Waals surface area (Å²) < 4.78 is 5.08. The molecule has 2 aromatic heterocycles. The van der Waals surface area contributed by atoms with Crippen molar-refractivity contribution in [3.8, 4) is 0 Å². The van der Waals surface area contributed by atoms with Gasteiger partial charge in [0.2, 0.25) is 0 Å².